The van der Waals surface area contributed by atoms with Crippen molar-refractivity contribution in [2.75, 3.05) is 7.11 Å². The number of carbonyl (C=O) groups is 2. The molecule has 0 aliphatic heterocycles. The van der Waals surface area contributed by atoms with Crippen molar-refractivity contribution < 1.29 is 32.6 Å². The normalized spacial score (nSPS) is 14.4. The molecule has 0 saturated carbocycles. The first-order chi connectivity index (χ1) is 8.72. The van der Waals surface area contributed by atoms with Crippen LogP contribution < -0.4 is 5.32 Å². The average Bonchev–Trinajstić information content (AvgIpc) is 2.37. The fraction of sp³-hybridized carbons (Fsp3) is 0.300. The maximum atomic E-state index is 12.6. The molecule has 6 nitrogen and oxygen atoms in total. The Balaban J connectivity index is 3.04. The number of hydrogen-bond acceptors (Lipinski definition) is 5. The number of alkyl halides is 3. The first-order valence-electron chi connectivity index (χ1n) is 4.82. The van der Waals surface area contributed by atoms with Crippen LogP contribution in [-0.2, 0) is 9.53 Å². The number of hydrogen-bond donors (Lipinski definition) is 2. The number of esters is 1. The van der Waals surface area contributed by atoms with Crippen molar-refractivity contribution in [3.8, 4) is 0 Å². The molecule has 0 aliphatic carbocycles. The van der Waals surface area contributed by atoms with Gasteiger partial charge in [0, 0.05) is 18.0 Å². The molecule has 0 aromatic carbocycles. The summed E-state index contributed by atoms with van der Waals surface area (Å²) < 4.78 is 41.8. The van der Waals surface area contributed by atoms with E-state index in [9.17, 15) is 27.9 Å². The van der Waals surface area contributed by atoms with E-state index in [-0.39, 0.29) is 5.56 Å². The minimum Gasteiger partial charge on any atom is -0.465 e. The van der Waals surface area contributed by atoms with Gasteiger partial charge in [-0.15, -0.1) is 0 Å². The van der Waals surface area contributed by atoms with E-state index in [2.05, 4.69) is 9.72 Å². The summed E-state index contributed by atoms with van der Waals surface area (Å²) in [5, 5.41) is 10.5. The number of amides is 1. The molecular weight excluding hydrogens is 269 g/mol. The molecule has 1 rings (SSSR count). The van der Waals surface area contributed by atoms with Crippen LogP contribution in [0, 0.1) is 0 Å². The molecule has 1 aromatic heterocycles. The first-order valence-corrected chi connectivity index (χ1v) is 4.82. The highest BCUT2D eigenvalue weighted by Gasteiger charge is 2.62. The Kier molecular flexibility index (Phi) is 4.10. The number of pyridine rings is 1. The Hall–Kier alpha value is -2.16. The molecule has 2 N–H and O–H groups in total. The van der Waals surface area contributed by atoms with Gasteiger partial charge in [0.15, 0.2) is 0 Å². The van der Waals surface area contributed by atoms with Gasteiger partial charge in [0.05, 0.1) is 7.11 Å². The minimum atomic E-state index is -5.43. The lowest BCUT2D eigenvalue weighted by molar-refractivity contribution is -0.268. The predicted octanol–water partition coefficient (Wildman–Crippen LogP) is 0.235. The van der Waals surface area contributed by atoms with Gasteiger partial charge in [-0.2, -0.15) is 13.2 Å². The third-order valence-electron chi connectivity index (χ3n) is 2.13. The van der Waals surface area contributed by atoms with Crippen molar-refractivity contribution in [2.45, 2.75) is 11.9 Å². The van der Waals surface area contributed by atoms with Gasteiger partial charge in [0.2, 0.25) is 0 Å². The van der Waals surface area contributed by atoms with Gasteiger partial charge in [0.25, 0.3) is 5.91 Å². The van der Waals surface area contributed by atoms with Gasteiger partial charge in [-0.3, -0.25) is 9.78 Å². The van der Waals surface area contributed by atoms with Crippen LogP contribution in [0.2, 0.25) is 0 Å². The second-order valence-corrected chi connectivity index (χ2v) is 3.39. The van der Waals surface area contributed by atoms with Gasteiger partial charge in [0.1, 0.15) is 0 Å². The number of rotatable bonds is 3. The highest BCUT2D eigenvalue weighted by atomic mass is 19.4. The summed E-state index contributed by atoms with van der Waals surface area (Å²) in [6.45, 7) is 0. The summed E-state index contributed by atoms with van der Waals surface area (Å²) in [5.74, 6) is -3.34. The molecule has 0 fully saturated rings. The molecular formula is C10H9F3N2O4. The second kappa shape index (κ2) is 5.22. The number of aromatic nitrogens is 1. The van der Waals surface area contributed by atoms with Crippen molar-refractivity contribution in [1.29, 1.82) is 0 Å². The molecule has 0 saturated heterocycles. The molecule has 0 spiro atoms. The largest absolute Gasteiger partial charge is 0.465 e. The van der Waals surface area contributed by atoms with E-state index < -0.39 is 23.8 Å². The Morgan fingerprint density at radius 1 is 1.32 bits per heavy atom. The molecule has 9 heteroatoms. The molecule has 1 heterocycles. The van der Waals surface area contributed by atoms with Crippen molar-refractivity contribution in [3.63, 3.8) is 0 Å². The Morgan fingerprint density at radius 2 is 1.84 bits per heavy atom. The van der Waals surface area contributed by atoms with Gasteiger partial charge in [-0.05, 0) is 12.1 Å². The first kappa shape index (κ1) is 14.9. The third-order valence-corrected chi connectivity index (χ3v) is 2.13. The zero-order valence-corrected chi connectivity index (χ0v) is 9.56. The summed E-state index contributed by atoms with van der Waals surface area (Å²) in [4.78, 5) is 26.1. The van der Waals surface area contributed by atoms with Crippen LogP contribution >= 0.6 is 0 Å². The fourth-order valence-electron chi connectivity index (χ4n) is 1.13. The maximum absolute atomic E-state index is 12.6. The quantitative estimate of drug-likeness (QED) is 0.610. The van der Waals surface area contributed by atoms with E-state index in [1.165, 1.54) is 17.7 Å². The number of methoxy groups -OCH3 is 1. The van der Waals surface area contributed by atoms with Crippen LogP contribution in [0.1, 0.15) is 10.4 Å². The summed E-state index contributed by atoms with van der Waals surface area (Å²) >= 11 is 0. The molecule has 1 aromatic rings. The lowest BCUT2D eigenvalue weighted by atomic mass is 10.1. The highest BCUT2D eigenvalue weighted by Crippen LogP contribution is 2.29. The zero-order valence-electron chi connectivity index (χ0n) is 9.56. The molecule has 0 radical (unpaired) electrons. The van der Waals surface area contributed by atoms with E-state index in [0.717, 1.165) is 12.1 Å². The van der Waals surface area contributed by atoms with Gasteiger partial charge >= 0.3 is 17.9 Å². The summed E-state index contributed by atoms with van der Waals surface area (Å²) in [5.41, 5.74) is -4.32. The fourth-order valence-corrected chi connectivity index (χ4v) is 1.13. The second-order valence-electron chi connectivity index (χ2n) is 3.39. The van der Waals surface area contributed by atoms with Crippen LogP contribution in [0.25, 0.3) is 0 Å². The van der Waals surface area contributed by atoms with E-state index in [1.807, 2.05) is 0 Å². The Morgan fingerprint density at radius 3 is 2.26 bits per heavy atom. The van der Waals surface area contributed by atoms with Crippen LogP contribution in [0.4, 0.5) is 13.2 Å². The standard InChI is InChI=1S/C10H9F3N2O4/c1-19-8(17)9(18,10(11,12)13)15-7(16)6-2-4-14-5-3-6/h2-5,18H,1H3,(H,15,16)/t9-/m1/s1. The van der Waals surface area contributed by atoms with Gasteiger partial charge in [-0.25, -0.2) is 4.79 Å². The average molecular weight is 278 g/mol. The zero-order chi connectivity index (χ0) is 14.7. The van der Waals surface area contributed by atoms with E-state index in [0.29, 0.717) is 7.11 Å². The van der Waals surface area contributed by atoms with Crippen molar-refractivity contribution in [2.24, 2.45) is 0 Å². The summed E-state index contributed by atoms with van der Waals surface area (Å²) in [6.07, 6.45) is -3.10. The number of nitrogens with one attached hydrogen (secondary N) is 1. The lowest BCUT2D eigenvalue weighted by Gasteiger charge is -2.28. The Bertz CT molecular complexity index is 477. The third kappa shape index (κ3) is 2.99. The van der Waals surface area contributed by atoms with Crippen LogP contribution in [-0.4, -0.2) is 41.0 Å². The van der Waals surface area contributed by atoms with E-state index >= 15 is 0 Å². The van der Waals surface area contributed by atoms with Crippen LogP contribution in [0.5, 0.6) is 0 Å². The number of halogens is 3. The topological polar surface area (TPSA) is 88.5 Å². The van der Waals surface area contributed by atoms with Crippen molar-refractivity contribution in [3.05, 3.63) is 30.1 Å². The minimum absolute atomic E-state index is 0.207. The molecule has 1 atom stereocenters. The van der Waals surface area contributed by atoms with Crippen LogP contribution in [0.3, 0.4) is 0 Å². The predicted molar refractivity (Wildman–Crippen MR) is 54.7 cm³/mol. The smallest absolute Gasteiger partial charge is 0.448 e. The van der Waals surface area contributed by atoms with Crippen LogP contribution in [0.15, 0.2) is 24.5 Å². The number of carbonyl (C=O) groups excluding carboxylic acids is 2. The number of ether oxygens (including phenoxy) is 1. The number of nitrogens with zero attached hydrogens (tertiary/aromatic N) is 1. The molecule has 104 valence electrons. The van der Waals surface area contributed by atoms with Crippen molar-refractivity contribution >= 4 is 11.9 Å². The lowest BCUT2D eigenvalue weighted by Crippen LogP contribution is -2.64. The molecule has 0 bridgehead atoms. The molecule has 0 aliphatic rings. The summed E-state index contributed by atoms with van der Waals surface area (Å²) in [6, 6.07) is 2.23. The SMILES string of the molecule is COC(=O)[C@](O)(NC(=O)c1ccncc1)C(F)(F)F. The molecule has 1 amide bonds. The van der Waals surface area contributed by atoms with E-state index in [4.69, 9.17) is 0 Å². The monoisotopic (exact) mass is 278 g/mol. The van der Waals surface area contributed by atoms with E-state index in [1.54, 1.807) is 0 Å². The summed E-state index contributed by atoms with van der Waals surface area (Å²) in [7, 11) is 0.650. The maximum Gasteiger partial charge on any atom is 0.448 e. The Labute approximate surface area is 105 Å². The molecule has 0 unspecified atom stereocenters. The highest BCUT2D eigenvalue weighted by molar-refractivity contribution is 5.97. The molecule has 19 heavy (non-hydrogen) atoms. The van der Waals surface area contributed by atoms with Crippen molar-refractivity contribution in [1.82, 2.24) is 10.3 Å². The number of aliphatic hydroxyl groups is 1. The van der Waals surface area contributed by atoms with Gasteiger partial charge in [-0.1, -0.05) is 0 Å². The van der Waals surface area contributed by atoms with Gasteiger partial charge < -0.3 is 15.2 Å².